The number of nitrogens with two attached hydrogens (primary N) is 1. The third-order valence-corrected chi connectivity index (χ3v) is 4.65. The Bertz CT molecular complexity index is 625. The van der Waals surface area contributed by atoms with Gasteiger partial charge in [0.2, 0.25) is 10.0 Å². The number of nitrogens with zero attached hydrogens (tertiary/aromatic N) is 1. The van der Waals surface area contributed by atoms with E-state index in [4.69, 9.17) is 5.73 Å². The van der Waals surface area contributed by atoms with Crippen LogP contribution in [0.5, 0.6) is 0 Å². The van der Waals surface area contributed by atoms with Crippen LogP contribution >= 0.6 is 0 Å². The summed E-state index contributed by atoms with van der Waals surface area (Å²) in [6.07, 6.45) is 0. The largest absolute Gasteiger partial charge is 0.320 e. The van der Waals surface area contributed by atoms with Crippen LogP contribution in [0.1, 0.15) is 25.0 Å². The van der Waals surface area contributed by atoms with Gasteiger partial charge < -0.3 is 5.73 Å². The van der Waals surface area contributed by atoms with E-state index >= 15 is 0 Å². The standard InChI is InChI=1S/C15H22N2O2S/c1-12(2)11-17(4)20(18,19)15-8-7-13(3)10-14(15)6-5-9-16/h7-8,10,12H,9,11,16H2,1-4H3. The van der Waals surface area contributed by atoms with Crippen LogP contribution in [0.2, 0.25) is 0 Å². The maximum atomic E-state index is 12.6. The minimum atomic E-state index is -3.52. The zero-order valence-corrected chi connectivity index (χ0v) is 13.3. The van der Waals surface area contributed by atoms with Crippen molar-refractivity contribution in [3.63, 3.8) is 0 Å². The second kappa shape index (κ2) is 6.89. The highest BCUT2D eigenvalue weighted by Crippen LogP contribution is 2.21. The van der Waals surface area contributed by atoms with E-state index in [1.165, 1.54) is 4.31 Å². The molecule has 0 radical (unpaired) electrons. The minimum absolute atomic E-state index is 0.204. The number of aryl methyl sites for hydroxylation is 1. The van der Waals surface area contributed by atoms with E-state index < -0.39 is 10.0 Å². The molecule has 1 aromatic carbocycles. The monoisotopic (exact) mass is 294 g/mol. The highest BCUT2D eigenvalue weighted by Gasteiger charge is 2.23. The zero-order valence-electron chi connectivity index (χ0n) is 12.5. The van der Waals surface area contributed by atoms with Crippen LogP contribution in [0.25, 0.3) is 0 Å². The zero-order chi connectivity index (χ0) is 15.3. The lowest BCUT2D eigenvalue weighted by molar-refractivity contribution is 0.417. The Labute approximate surface area is 122 Å². The van der Waals surface area contributed by atoms with Crippen molar-refractivity contribution >= 4 is 10.0 Å². The maximum Gasteiger partial charge on any atom is 0.244 e. The van der Waals surface area contributed by atoms with E-state index in [9.17, 15) is 8.42 Å². The third-order valence-electron chi connectivity index (χ3n) is 2.77. The predicted molar refractivity (Wildman–Crippen MR) is 81.8 cm³/mol. The quantitative estimate of drug-likeness (QED) is 0.858. The normalized spacial score (nSPS) is 11.6. The molecule has 1 rings (SSSR count). The Hall–Kier alpha value is -1.35. The van der Waals surface area contributed by atoms with E-state index in [1.807, 2.05) is 20.8 Å². The molecule has 20 heavy (non-hydrogen) atoms. The molecule has 2 N–H and O–H groups in total. The number of sulfonamides is 1. The van der Waals surface area contributed by atoms with Gasteiger partial charge in [0.25, 0.3) is 0 Å². The molecule has 0 bridgehead atoms. The van der Waals surface area contributed by atoms with Gasteiger partial charge in [-0.05, 0) is 30.5 Å². The molecule has 0 saturated carbocycles. The second-order valence-corrected chi connectivity index (χ2v) is 7.20. The molecule has 0 heterocycles. The van der Waals surface area contributed by atoms with Gasteiger partial charge in [-0.2, -0.15) is 0 Å². The molecule has 4 nitrogen and oxygen atoms in total. The Balaban J connectivity index is 3.31. The molecule has 0 atom stereocenters. The molecule has 1 aromatic rings. The van der Waals surface area contributed by atoms with Gasteiger partial charge in [-0.15, -0.1) is 0 Å². The lowest BCUT2D eigenvalue weighted by Crippen LogP contribution is -2.31. The molecule has 0 aliphatic carbocycles. The average Bonchev–Trinajstić information content (AvgIpc) is 2.35. The van der Waals surface area contributed by atoms with Crippen molar-refractivity contribution in [1.29, 1.82) is 0 Å². The van der Waals surface area contributed by atoms with E-state index in [0.717, 1.165) is 5.56 Å². The van der Waals surface area contributed by atoms with Gasteiger partial charge in [0, 0.05) is 19.2 Å². The summed E-state index contributed by atoms with van der Waals surface area (Å²) < 4.78 is 26.6. The Kier molecular flexibility index (Phi) is 5.75. The van der Waals surface area contributed by atoms with Gasteiger partial charge in [-0.25, -0.2) is 12.7 Å². The van der Waals surface area contributed by atoms with E-state index in [-0.39, 0.29) is 17.4 Å². The van der Waals surface area contributed by atoms with Crippen LogP contribution in [0.4, 0.5) is 0 Å². The van der Waals surface area contributed by atoms with Crippen molar-refractivity contribution in [2.45, 2.75) is 25.7 Å². The summed E-state index contributed by atoms with van der Waals surface area (Å²) in [5.74, 6) is 5.83. The van der Waals surface area contributed by atoms with Gasteiger partial charge in [0.1, 0.15) is 0 Å². The summed E-state index contributed by atoms with van der Waals surface area (Å²) in [7, 11) is -1.93. The van der Waals surface area contributed by atoms with Crippen molar-refractivity contribution < 1.29 is 8.42 Å². The fourth-order valence-corrected chi connectivity index (χ4v) is 3.35. The molecule has 0 saturated heterocycles. The number of benzene rings is 1. The lowest BCUT2D eigenvalue weighted by Gasteiger charge is -2.20. The second-order valence-electron chi connectivity index (χ2n) is 5.18. The van der Waals surface area contributed by atoms with Crippen molar-refractivity contribution in [1.82, 2.24) is 4.31 Å². The molecule has 0 aromatic heterocycles. The minimum Gasteiger partial charge on any atom is -0.320 e. The van der Waals surface area contributed by atoms with E-state index in [2.05, 4.69) is 11.8 Å². The summed E-state index contributed by atoms with van der Waals surface area (Å²) in [6, 6.07) is 5.17. The number of rotatable bonds is 4. The Morgan fingerprint density at radius 1 is 1.35 bits per heavy atom. The molecule has 0 aliphatic heterocycles. The molecule has 0 amide bonds. The molecule has 0 fully saturated rings. The summed E-state index contributed by atoms with van der Waals surface area (Å²) in [5.41, 5.74) is 6.84. The van der Waals surface area contributed by atoms with Crippen molar-refractivity contribution in [3.8, 4) is 11.8 Å². The molecule has 0 unspecified atom stereocenters. The summed E-state index contributed by atoms with van der Waals surface area (Å²) >= 11 is 0. The summed E-state index contributed by atoms with van der Waals surface area (Å²) in [4.78, 5) is 0.243. The molecule has 0 spiro atoms. The fraction of sp³-hybridized carbons (Fsp3) is 0.467. The van der Waals surface area contributed by atoms with Crippen LogP contribution < -0.4 is 5.73 Å². The smallest absolute Gasteiger partial charge is 0.244 e. The average molecular weight is 294 g/mol. The first kappa shape index (κ1) is 16.7. The number of hydrogen-bond acceptors (Lipinski definition) is 3. The third kappa shape index (κ3) is 4.07. The molecular formula is C15H22N2O2S. The van der Waals surface area contributed by atoms with E-state index in [0.29, 0.717) is 12.1 Å². The maximum absolute atomic E-state index is 12.6. The summed E-state index contributed by atoms with van der Waals surface area (Å²) in [5, 5.41) is 0. The van der Waals surface area contributed by atoms with Crippen LogP contribution in [-0.4, -0.2) is 32.9 Å². The van der Waals surface area contributed by atoms with Crippen LogP contribution in [-0.2, 0) is 10.0 Å². The summed E-state index contributed by atoms with van der Waals surface area (Å²) in [6.45, 7) is 6.55. The first-order valence-corrected chi connectivity index (χ1v) is 7.99. The highest BCUT2D eigenvalue weighted by molar-refractivity contribution is 7.89. The Morgan fingerprint density at radius 2 is 2.00 bits per heavy atom. The predicted octanol–water partition coefficient (Wildman–Crippen LogP) is 1.58. The van der Waals surface area contributed by atoms with E-state index in [1.54, 1.807) is 25.2 Å². The van der Waals surface area contributed by atoms with Crippen LogP contribution in [0, 0.1) is 24.7 Å². The van der Waals surface area contributed by atoms with Gasteiger partial charge in [-0.1, -0.05) is 31.8 Å². The Morgan fingerprint density at radius 3 is 2.55 bits per heavy atom. The van der Waals surface area contributed by atoms with Gasteiger partial charge in [-0.3, -0.25) is 0 Å². The SMILES string of the molecule is Cc1ccc(S(=O)(=O)N(C)CC(C)C)c(C#CCN)c1. The lowest BCUT2D eigenvalue weighted by atomic mass is 10.1. The molecule has 5 heteroatoms. The first-order chi connectivity index (χ1) is 9.28. The van der Waals surface area contributed by atoms with Gasteiger partial charge in [0.15, 0.2) is 0 Å². The van der Waals surface area contributed by atoms with Crippen molar-refractivity contribution in [3.05, 3.63) is 29.3 Å². The fourth-order valence-electron chi connectivity index (χ4n) is 1.89. The first-order valence-electron chi connectivity index (χ1n) is 6.55. The van der Waals surface area contributed by atoms with Crippen molar-refractivity contribution in [2.75, 3.05) is 20.1 Å². The number of hydrogen-bond donors (Lipinski definition) is 1. The molecule has 110 valence electrons. The van der Waals surface area contributed by atoms with Gasteiger partial charge in [0.05, 0.1) is 11.4 Å². The van der Waals surface area contributed by atoms with Gasteiger partial charge >= 0.3 is 0 Å². The molecular weight excluding hydrogens is 272 g/mol. The molecule has 0 aliphatic rings. The van der Waals surface area contributed by atoms with Crippen molar-refractivity contribution in [2.24, 2.45) is 11.7 Å². The van der Waals surface area contributed by atoms with Crippen LogP contribution in [0.3, 0.4) is 0 Å². The van der Waals surface area contributed by atoms with Crippen LogP contribution in [0.15, 0.2) is 23.1 Å². The highest BCUT2D eigenvalue weighted by atomic mass is 32.2. The topological polar surface area (TPSA) is 63.4 Å².